The minimum absolute atomic E-state index is 0.00418. The number of nitrogens with one attached hydrogen (secondary N) is 1. The fourth-order valence-corrected chi connectivity index (χ4v) is 7.84. The van der Waals surface area contributed by atoms with Gasteiger partial charge in [-0.1, -0.05) is 215 Å². The number of phosphoric acid groups is 1. The summed E-state index contributed by atoms with van der Waals surface area (Å²) in [6, 6.07) is -0.891. The molecule has 0 aromatic carbocycles. The SMILES string of the molecule is CC/C=C\C/C=C\C/C=C\C/C=C\C/C=C\CCCCCCCCCCCCCC(=O)NC(COP(=O)([O-])OCC[N+](C)(C)C)C(O)/C=C/CCCCCCCCCCCCCC. The maximum Gasteiger partial charge on any atom is 0.268 e. The van der Waals surface area contributed by atoms with E-state index in [1.807, 2.05) is 27.2 Å². The van der Waals surface area contributed by atoms with E-state index in [0.29, 0.717) is 17.4 Å². The molecule has 9 heteroatoms. The zero-order valence-electron chi connectivity index (χ0n) is 41.5. The van der Waals surface area contributed by atoms with Crippen LogP contribution in [0.2, 0.25) is 0 Å². The third-order valence-corrected chi connectivity index (χ3v) is 12.1. The second-order valence-corrected chi connectivity index (χ2v) is 19.9. The van der Waals surface area contributed by atoms with Crippen molar-refractivity contribution in [1.82, 2.24) is 5.32 Å². The van der Waals surface area contributed by atoms with Crippen LogP contribution >= 0.6 is 7.82 Å². The molecule has 0 aliphatic carbocycles. The second-order valence-electron chi connectivity index (χ2n) is 18.5. The molecule has 0 saturated carbocycles. The number of hydrogen-bond donors (Lipinski definition) is 2. The van der Waals surface area contributed by atoms with Gasteiger partial charge in [0.05, 0.1) is 39.9 Å². The van der Waals surface area contributed by atoms with Crippen LogP contribution in [0.4, 0.5) is 0 Å². The van der Waals surface area contributed by atoms with E-state index in [1.165, 1.54) is 122 Å². The Hall–Kier alpha value is -2.06. The predicted molar refractivity (Wildman–Crippen MR) is 270 cm³/mol. The van der Waals surface area contributed by atoms with E-state index in [1.54, 1.807) is 6.08 Å². The van der Waals surface area contributed by atoms with E-state index in [2.05, 4.69) is 79.9 Å². The Morgan fingerprint density at radius 3 is 1.41 bits per heavy atom. The first-order valence-corrected chi connectivity index (χ1v) is 27.3. The molecule has 8 nitrogen and oxygen atoms in total. The number of rotatable bonds is 46. The zero-order chi connectivity index (χ0) is 46.4. The van der Waals surface area contributed by atoms with Crippen molar-refractivity contribution < 1.29 is 32.9 Å². The molecule has 0 saturated heterocycles. The summed E-state index contributed by atoms with van der Waals surface area (Å²) in [5.74, 6) is -0.204. The third-order valence-electron chi connectivity index (χ3n) is 11.2. The van der Waals surface area contributed by atoms with E-state index in [0.717, 1.165) is 70.6 Å². The second kappa shape index (κ2) is 45.1. The number of nitrogens with zero attached hydrogens (tertiary/aromatic N) is 1. The first-order chi connectivity index (χ1) is 30.5. The number of unbranched alkanes of at least 4 members (excludes halogenated alkanes) is 23. The Labute approximate surface area is 389 Å². The number of quaternary nitrogens is 1. The van der Waals surface area contributed by atoms with E-state index >= 15 is 0 Å². The highest BCUT2D eigenvalue weighted by Crippen LogP contribution is 2.38. The Balaban J connectivity index is 4.23. The fourth-order valence-electron chi connectivity index (χ4n) is 7.12. The molecule has 0 aromatic heterocycles. The number of carbonyl (C=O) groups is 1. The molecule has 0 spiro atoms. The van der Waals surface area contributed by atoms with Crippen LogP contribution in [0.1, 0.15) is 213 Å². The van der Waals surface area contributed by atoms with E-state index in [9.17, 15) is 19.4 Å². The molecule has 0 heterocycles. The highest BCUT2D eigenvalue weighted by atomic mass is 31.2. The van der Waals surface area contributed by atoms with Gasteiger partial charge in [0, 0.05) is 6.42 Å². The van der Waals surface area contributed by atoms with Gasteiger partial charge in [0.15, 0.2) is 0 Å². The van der Waals surface area contributed by atoms with Crippen LogP contribution in [-0.2, 0) is 18.4 Å². The lowest BCUT2D eigenvalue weighted by atomic mass is 10.0. The molecule has 0 aliphatic rings. The van der Waals surface area contributed by atoms with Crippen LogP contribution in [0.3, 0.4) is 0 Å². The largest absolute Gasteiger partial charge is 0.756 e. The predicted octanol–water partition coefficient (Wildman–Crippen LogP) is 14.5. The first-order valence-electron chi connectivity index (χ1n) is 25.8. The minimum atomic E-state index is -4.59. The van der Waals surface area contributed by atoms with Gasteiger partial charge in [-0.05, 0) is 64.2 Å². The van der Waals surface area contributed by atoms with E-state index in [-0.39, 0.29) is 19.1 Å². The van der Waals surface area contributed by atoms with Gasteiger partial charge < -0.3 is 28.8 Å². The van der Waals surface area contributed by atoms with Crippen LogP contribution in [0, 0.1) is 0 Å². The lowest BCUT2D eigenvalue weighted by Gasteiger charge is -2.29. The number of amides is 1. The molecule has 3 unspecified atom stereocenters. The molecule has 0 aliphatic heterocycles. The van der Waals surface area contributed by atoms with Crippen LogP contribution in [-0.4, -0.2) is 68.5 Å². The Bertz CT molecular complexity index is 1250. The number of likely N-dealkylation sites (N-methyl/N-ethyl adjacent to an activating group) is 1. The van der Waals surface area contributed by atoms with Crippen LogP contribution < -0.4 is 10.2 Å². The monoisotopic (exact) mass is 903 g/mol. The fraction of sp³-hybridized carbons (Fsp3) is 0.759. The molecule has 0 bridgehead atoms. The normalized spacial score (nSPS) is 14.7. The number of carbonyl (C=O) groups excluding carboxylic acids is 1. The maximum atomic E-state index is 12.9. The van der Waals surface area contributed by atoms with Gasteiger partial charge in [0.2, 0.25) is 5.91 Å². The molecule has 2 N–H and O–H groups in total. The third kappa shape index (κ3) is 47.7. The number of aliphatic hydroxyl groups is 1. The molecular formula is C54H99N2O6P. The smallest absolute Gasteiger partial charge is 0.268 e. The number of phosphoric ester groups is 1. The van der Waals surface area contributed by atoms with Crippen LogP contribution in [0.15, 0.2) is 72.9 Å². The van der Waals surface area contributed by atoms with Crippen LogP contribution in [0.25, 0.3) is 0 Å². The van der Waals surface area contributed by atoms with Gasteiger partial charge in [0.25, 0.3) is 7.82 Å². The first kappa shape index (κ1) is 60.9. The summed E-state index contributed by atoms with van der Waals surface area (Å²) in [5.41, 5.74) is 0. The summed E-state index contributed by atoms with van der Waals surface area (Å²) in [6.45, 7) is 4.53. The molecule has 0 fully saturated rings. The van der Waals surface area contributed by atoms with Gasteiger partial charge in [-0.25, -0.2) is 0 Å². The number of hydrogen-bond acceptors (Lipinski definition) is 6. The molecule has 3 atom stereocenters. The Morgan fingerprint density at radius 2 is 0.968 bits per heavy atom. The summed E-state index contributed by atoms with van der Waals surface area (Å²) >= 11 is 0. The summed E-state index contributed by atoms with van der Waals surface area (Å²) in [5, 5.41) is 13.8. The van der Waals surface area contributed by atoms with Crippen molar-refractivity contribution in [1.29, 1.82) is 0 Å². The van der Waals surface area contributed by atoms with Crippen molar-refractivity contribution in [3.05, 3.63) is 72.9 Å². The van der Waals surface area contributed by atoms with Crippen molar-refractivity contribution >= 4 is 13.7 Å². The number of aliphatic hydroxyl groups excluding tert-OH is 1. The van der Waals surface area contributed by atoms with Gasteiger partial charge in [-0.2, -0.15) is 0 Å². The van der Waals surface area contributed by atoms with Gasteiger partial charge in [-0.15, -0.1) is 0 Å². The van der Waals surface area contributed by atoms with Crippen molar-refractivity contribution in [2.75, 3.05) is 40.9 Å². The summed E-state index contributed by atoms with van der Waals surface area (Å²) < 4.78 is 23.3. The van der Waals surface area contributed by atoms with Gasteiger partial charge >= 0.3 is 0 Å². The van der Waals surface area contributed by atoms with Crippen LogP contribution in [0.5, 0.6) is 0 Å². The summed E-state index contributed by atoms with van der Waals surface area (Å²) in [4.78, 5) is 25.4. The average molecular weight is 903 g/mol. The molecule has 0 radical (unpaired) electrons. The quantitative estimate of drug-likeness (QED) is 0.0273. The number of allylic oxidation sites excluding steroid dienone is 11. The summed E-state index contributed by atoms with van der Waals surface area (Å²) in [6.07, 6.45) is 61.0. The van der Waals surface area contributed by atoms with Crippen molar-refractivity contribution in [3.8, 4) is 0 Å². The van der Waals surface area contributed by atoms with Crippen molar-refractivity contribution in [3.63, 3.8) is 0 Å². The highest BCUT2D eigenvalue weighted by Gasteiger charge is 2.23. The zero-order valence-corrected chi connectivity index (χ0v) is 42.4. The lowest BCUT2D eigenvalue weighted by molar-refractivity contribution is -0.870. The minimum Gasteiger partial charge on any atom is -0.756 e. The summed E-state index contributed by atoms with van der Waals surface area (Å²) in [7, 11) is 1.25. The van der Waals surface area contributed by atoms with Crippen molar-refractivity contribution in [2.45, 2.75) is 225 Å². The molecule has 63 heavy (non-hydrogen) atoms. The van der Waals surface area contributed by atoms with Crippen molar-refractivity contribution in [2.24, 2.45) is 0 Å². The molecule has 0 rings (SSSR count). The highest BCUT2D eigenvalue weighted by molar-refractivity contribution is 7.45. The molecule has 366 valence electrons. The Kier molecular flexibility index (Phi) is 43.6. The van der Waals surface area contributed by atoms with E-state index < -0.39 is 20.0 Å². The molecular weight excluding hydrogens is 804 g/mol. The van der Waals surface area contributed by atoms with Gasteiger partial charge in [0.1, 0.15) is 13.2 Å². The average Bonchev–Trinajstić information content (AvgIpc) is 3.24. The molecule has 1 amide bonds. The topological polar surface area (TPSA) is 108 Å². The maximum absolute atomic E-state index is 12.9. The Morgan fingerprint density at radius 1 is 0.571 bits per heavy atom. The standard InChI is InChI=1S/C54H99N2O6P/c1-6-8-10-12-14-16-18-20-22-23-24-25-26-27-28-29-30-31-32-33-34-36-38-40-42-44-46-48-54(58)55-52(51-62-63(59,60)61-50-49-56(3,4)5)53(57)47-45-43-41-39-37-35-21-19-17-15-13-11-9-7-2/h8,10,14,16,20,22,24-25,27-28,45,47,52-53,57H,6-7,9,11-13,15,17-19,21,23,26,29-44,46,48-51H2,1-5H3,(H-,55,58,59,60)/b10-8-,16-14-,22-20-,25-24-,28-27-,47-45+. The van der Waals surface area contributed by atoms with E-state index in [4.69, 9.17) is 9.05 Å². The lowest BCUT2D eigenvalue weighted by Crippen LogP contribution is -2.45. The van der Waals surface area contributed by atoms with Gasteiger partial charge in [-0.3, -0.25) is 9.36 Å². The molecule has 0 aromatic rings.